The third kappa shape index (κ3) is 3.26. The van der Waals surface area contributed by atoms with Gasteiger partial charge in [0.25, 0.3) is 0 Å². The summed E-state index contributed by atoms with van der Waals surface area (Å²) >= 11 is 0. The van der Waals surface area contributed by atoms with Crippen LogP contribution in [0, 0.1) is 6.92 Å². The van der Waals surface area contributed by atoms with Crippen molar-refractivity contribution in [3.8, 4) is 0 Å². The molecule has 1 N–H and O–H groups in total. The van der Waals surface area contributed by atoms with Crippen LogP contribution in [0.15, 0.2) is 54.9 Å². The number of pyridine rings is 2. The second-order valence-electron chi connectivity index (χ2n) is 5.19. The zero-order valence-corrected chi connectivity index (χ0v) is 12.2. The number of nitrogens with zero attached hydrogens (tertiary/aromatic N) is 2. The van der Waals surface area contributed by atoms with E-state index in [1.165, 1.54) is 16.5 Å². The van der Waals surface area contributed by atoms with Gasteiger partial charge in [0, 0.05) is 24.3 Å². The Bertz CT molecular complexity index is 732. The fourth-order valence-electron chi connectivity index (χ4n) is 2.50. The Morgan fingerprint density at radius 1 is 0.952 bits per heavy atom. The van der Waals surface area contributed by atoms with E-state index in [0.717, 1.165) is 30.7 Å². The van der Waals surface area contributed by atoms with Crippen molar-refractivity contribution >= 4 is 10.9 Å². The van der Waals surface area contributed by atoms with Gasteiger partial charge in [-0.05, 0) is 43.1 Å². The predicted molar refractivity (Wildman–Crippen MR) is 86.1 cm³/mol. The summed E-state index contributed by atoms with van der Waals surface area (Å²) in [5.74, 6) is 0. The molecule has 3 aromatic rings. The summed E-state index contributed by atoms with van der Waals surface area (Å²) in [5, 5.41) is 4.67. The van der Waals surface area contributed by atoms with E-state index in [9.17, 15) is 0 Å². The molecule has 2 aromatic heterocycles. The van der Waals surface area contributed by atoms with Gasteiger partial charge < -0.3 is 5.32 Å². The van der Waals surface area contributed by atoms with Crippen molar-refractivity contribution in [3.63, 3.8) is 0 Å². The highest BCUT2D eigenvalue weighted by Crippen LogP contribution is 2.16. The fourth-order valence-corrected chi connectivity index (χ4v) is 2.50. The summed E-state index contributed by atoms with van der Waals surface area (Å²) in [5.41, 5.74) is 4.75. The largest absolute Gasteiger partial charge is 0.311 e. The molecule has 0 saturated heterocycles. The minimum atomic E-state index is 0.810. The van der Waals surface area contributed by atoms with Crippen LogP contribution < -0.4 is 5.32 Å². The van der Waals surface area contributed by atoms with Gasteiger partial charge in [-0.15, -0.1) is 0 Å². The van der Waals surface area contributed by atoms with Crippen molar-refractivity contribution in [1.82, 2.24) is 15.3 Å². The van der Waals surface area contributed by atoms with Crippen LogP contribution >= 0.6 is 0 Å². The zero-order valence-electron chi connectivity index (χ0n) is 12.2. The topological polar surface area (TPSA) is 37.8 Å². The summed E-state index contributed by atoms with van der Waals surface area (Å²) < 4.78 is 0. The number of para-hydroxylation sites is 1. The second kappa shape index (κ2) is 6.46. The van der Waals surface area contributed by atoms with Crippen molar-refractivity contribution in [2.75, 3.05) is 6.54 Å². The van der Waals surface area contributed by atoms with Gasteiger partial charge in [-0.25, -0.2) is 0 Å². The molecule has 0 aliphatic heterocycles. The number of aryl methyl sites for hydroxylation is 1. The van der Waals surface area contributed by atoms with Crippen LogP contribution in [0.3, 0.4) is 0 Å². The molecule has 106 valence electrons. The lowest BCUT2D eigenvalue weighted by molar-refractivity contribution is 0.673. The smallest absolute Gasteiger partial charge is 0.0734 e. The normalized spacial score (nSPS) is 10.9. The van der Waals surface area contributed by atoms with Crippen LogP contribution in [-0.2, 0) is 13.0 Å². The van der Waals surface area contributed by atoms with Gasteiger partial charge in [-0.2, -0.15) is 0 Å². The Morgan fingerprint density at radius 2 is 1.76 bits per heavy atom. The molecule has 0 radical (unpaired) electrons. The van der Waals surface area contributed by atoms with Gasteiger partial charge in [0.05, 0.1) is 11.2 Å². The number of hydrogen-bond donors (Lipinski definition) is 1. The maximum absolute atomic E-state index is 4.49. The molecular weight excluding hydrogens is 258 g/mol. The zero-order chi connectivity index (χ0) is 14.5. The lowest BCUT2D eigenvalue weighted by atomic mass is 10.1. The van der Waals surface area contributed by atoms with E-state index in [2.05, 4.69) is 52.5 Å². The van der Waals surface area contributed by atoms with Gasteiger partial charge >= 0.3 is 0 Å². The standard InChI is InChI=1S/C18H19N3/c1-14-5-3-10-20-17(14)13-19-12-9-16-7-2-6-15-8-4-11-21-18(15)16/h2-8,10-11,19H,9,12-13H2,1H3. The summed E-state index contributed by atoms with van der Waals surface area (Å²) in [6.07, 6.45) is 4.68. The Labute approximate surface area is 125 Å². The SMILES string of the molecule is Cc1cccnc1CNCCc1cccc2cccnc12. The third-order valence-corrected chi connectivity index (χ3v) is 3.70. The van der Waals surface area contributed by atoms with Crippen LogP contribution in [0.5, 0.6) is 0 Å². The number of rotatable bonds is 5. The molecule has 3 nitrogen and oxygen atoms in total. The molecule has 3 heteroatoms. The van der Waals surface area contributed by atoms with E-state index in [4.69, 9.17) is 0 Å². The molecule has 0 bridgehead atoms. The maximum Gasteiger partial charge on any atom is 0.0734 e. The molecule has 1 aromatic carbocycles. The summed E-state index contributed by atoms with van der Waals surface area (Å²) in [6.45, 7) is 3.83. The average Bonchev–Trinajstić information content (AvgIpc) is 2.53. The van der Waals surface area contributed by atoms with Crippen LogP contribution in [0.25, 0.3) is 10.9 Å². The Kier molecular flexibility index (Phi) is 4.22. The van der Waals surface area contributed by atoms with E-state index in [1.807, 2.05) is 24.5 Å². The lowest BCUT2D eigenvalue weighted by Crippen LogP contribution is -2.18. The van der Waals surface area contributed by atoms with E-state index in [0.29, 0.717) is 0 Å². The molecule has 0 saturated carbocycles. The van der Waals surface area contributed by atoms with Crippen LogP contribution in [0.4, 0.5) is 0 Å². The van der Waals surface area contributed by atoms with Gasteiger partial charge in [0.2, 0.25) is 0 Å². The quantitative estimate of drug-likeness (QED) is 0.727. The molecule has 2 heterocycles. The first-order valence-electron chi connectivity index (χ1n) is 7.28. The molecular formula is C18H19N3. The van der Waals surface area contributed by atoms with Gasteiger partial charge in [0.1, 0.15) is 0 Å². The summed E-state index contributed by atoms with van der Waals surface area (Å²) in [7, 11) is 0. The Balaban J connectivity index is 1.61. The van der Waals surface area contributed by atoms with Crippen molar-refractivity contribution in [1.29, 1.82) is 0 Å². The highest BCUT2D eigenvalue weighted by molar-refractivity contribution is 5.81. The van der Waals surface area contributed by atoms with Crippen molar-refractivity contribution in [3.05, 3.63) is 71.7 Å². The number of benzene rings is 1. The van der Waals surface area contributed by atoms with E-state index < -0.39 is 0 Å². The molecule has 0 aliphatic carbocycles. The van der Waals surface area contributed by atoms with E-state index in [1.54, 1.807) is 0 Å². The van der Waals surface area contributed by atoms with Crippen molar-refractivity contribution in [2.45, 2.75) is 19.9 Å². The molecule has 0 unspecified atom stereocenters. The lowest BCUT2D eigenvalue weighted by Gasteiger charge is -2.08. The minimum absolute atomic E-state index is 0.810. The van der Waals surface area contributed by atoms with Gasteiger partial charge in [-0.3, -0.25) is 9.97 Å². The third-order valence-electron chi connectivity index (χ3n) is 3.70. The van der Waals surface area contributed by atoms with Gasteiger partial charge in [0.15, 0.2) is 0 Å². The first-order chi connectivity index (χ1) is 10.3. The summed E-state index contributed by atoms with van der Waals surface area (Å²) in [6, 6.07) is 14.5. The Hall–Kier alpha value is -2.26. The molecule has 0 fully saturated rings. The average molecular weight is 277 g/mol. The van der Waals surface area contributed by atoms with Crippen molar-refractivity contribution in [2.24, 2.45) is 0 Å². The molecule has 21 heavy (non-hydrogen) atoms. The molecule has 0 amide bonds. The molecule has 3 rings (SSSR count). The second-order valence-corrected chi connectivity index (χ2v) is 5.19. The highest BCUT2D eigenvalue weighted by Gasteiger charge is 2.02. The first-order valence-corrected chi connectivity index (χ1v) is 7.28. The van der Waals surface area contributed by atoms with Crippen LogP contribution in [0.1, 0.15) is 16.8 Å². The van der Waals surface area contributed by atoms with E-state index in [-0.39, 0.29) is 0 Å². The number of nitrogens with one attached hydrogen (secondary N) is 1. The molecule has 0 spiro atoms. The number of hydrogen-bond acceptors (Lipinski definition) is 3. The van der Waals surface area contributed by atoms with Gasteiger partial charge in [-0.1, -0.05) is 30.3 Å². The first kappa shape index (κ1) is 13.7. The summed E-state index contributed by atoms with van der Waals surface area (Å²) in [4.78, 5) is 8.89. The number of aromatic nitrogens is 2. The van der Waals surface area contributed by atoms with E-state index >= 15 is 0 Å². The monoisotopic (exact) mass is 277 g/mol. The van der Waals surface area contributed by atoms with Crippen LogP contribution in [-0.4, -0.2) is 16.5 Å². The predicted octanol–water partition coefficient (Wildman–Crippen LogP) is 3.27. The fraction of sp³-hybridized carbons (Fsp3) is 0.222. The maximum atomic E-state index is 4.49. The molecule has 0 aliphatic rings. The minimum Gasteiger partial charge on any atom is -0.311 e. The van der Waals surface area contributed by atoms with Crippen molar-refractivity contribution < 1.29 is 0 Å². The molecule has 0 atom stereocenters. The highest BCUT2D eigenvalue weighted by atomic mass is 14.9. The Morgan fingerprint density at radius 3 is 2.67 bits per heavy atom. The number of fused-ring (bicyclic) bond motifs is 1. The van der Waals surface area contributed by atoms with Crippen LogP contribution in [0.2, 0.25) is 0 Å².